The molecule has 0 saturated carbocycles. The molecule has 0 radical (unpaired) electrons. The van der Waals surface area contributed by atoms with E-state index in [4.69, 9.17) is 14.0 Å². The first-order valence-electron chi connectivity index (χ1n) is 2.65. The molecule has 0 rings (SSSR count). The minimum atomic E-state index is -1.28. The van der Waals surface area contributed by atoms with Crippen LogP contribution in [0.4, 0.5) is 0 Å². The summed E-state index contributed by atoms with van der Waals surface area (Å²) in [6, 6.07) is 0. The molecule has 0 bridgehead atoms. The molecule has 1 N–H and O–H groups in total. The first-order chi connectivity index (χ1) is 3.81. The molecule has 0 saturated heterocycles. The lowest BCUT2D eigenvalue weighted by Crippen LogP contribution is -2.14. The highest BCUT2D eigenvalue weighted by Gasteiger charge is 1.95. The van der Waals surface area contributed by atoms with E-state index in [9.17, 15) is 0 Å². The standard InChI is InChI=1S/C4H12O3Si/c1-3-6-4(2)7-8-5/h4-5H,3,8H2,1-2H3. The molecule has 3 nitrogen and oxygen atoms in total. The summed E-state index contributed by atoms with van der Waals surface area (Å²) in [5.74, 6) is 0. The molecule has 0 aliphatic rings. The van der Waals surface area contributed by atoms with Crippen molar-refractivity contribution in [3.8, 4) is 0 Å². The maximum atomic E-state index is 8.30. The Kier molecular flexibility index (Phi) is 5.30. The topological polar surface area (TPSA) is 38.7 Å². The Balaban J connectivity index is 2.92. The van der Waals surface area contributed by atoms with Crippen molar-refractivity contribution in [2.45, 2.75) is 20.1 Å². The van der Waals surface area contributed by atoms with E-state index in [-0.39, 0.29) is 6.29 Å². The molecular formula is C4H12O3Si. The fourth-order valence-corrected chi connectivity index (χ4v) is 0.694. The Morgan fingerprint density at radius 2 is 2.38 bits per heavy atom. The summed E-state index contributed by atoms with van der Waals surface area (Å²) in [6.07, 6.45) is -0.225. The summed E-state index contributed by atoms with van der Waals surface area (Å²) >= 11 is 0. The SMILES string of the molecule is CCOC(C)O[SiH2]O. The second-order valence-corrected chi connectivity index (χ2v) is 1.91. The molecule has 8 heavy (non-hydrogen) atoms. The van der Waals surface area contributed by atoms with Crippen LogP contribution >= 0.6 is 0 Å². The van der Waals surface area contributed by atoms with Crippen LogP contribution in [0.5, 0.6) is 0 Å². The van der Waals surface area contributed by atoms with Crippen molar-refractivity contribution in [3.63, 3.8) is 0 Å². The Bertz CT molecular complexity index is 44.5. The molecule has 0 aromatic rings. The van der Waals surface area contributed by atoms with Crippen molar-refractivity contribution in [3.05, 3.63) is 0 Å². The molecular weight excluding hydrogens is 124 g/mol. The van der Waals surface area contributed by atoms with Gasteiger partial charge in [-0.25, -0.2) is 0 Å². The molecule has 4 heteroatoms. The third kappa shape index (κ3) is 4.26. The first kappa shape index (κ1) is 8.10. The van der Waals surface area contributed by atoms with Crippen molar-refractivity contribution in [2.75, 3.05) is 6.61 Å². The van der Waals surface area contributed by atoms with E-state index in [1.54, 1.807) is 6.92 Å². The van der Waals surface area contributed by atoms with E-state index >= 15 is 0 Å². The van der Waals surface area contributed by atoms with Crippen LogP contribution in [0, 0.1) is 0 Å². The van der Waals surface area contributed by atoms with Crippen molar-refractivity contribution >= 4 is 10.0 Å². The van der Waals surface area contributed by atoms with Gasteiger partial charge in [0, 0.05) is 6.61 Å². The summed E-state index contributed by atoms with van der Waals surface area (Å²) in [7, 11) is -1.28. The number of rotatable bonds is 4. The fraction of sp³-hybridized carbons (Fsp3) is 1.00. The smallest absolute Gasteiger partial charge is 0.304 e. The van der Waals surface area contributed by atoms with Crippen molar-refractivity contribution in [1.29, 1.82) is 0 Å². The molecule has 0 fully saturated rings. The van der Waals surface area contributed by atoms with Gasteiger partial charge in [-0.15, -0.1) is 0 Å². The maximum Gasteiger partial charge on any atom is 0.304 e. The Morgan fingerprint density at radius 3 is 2.75 bits per heavy atom. The van der Waals surface area contributed by atoms with E-state index < -0.39 is 10.0 Å². The lowest BCUT2D eigenvalue weighted by atomic mass is 10.7. The Hall–Kier alpha value is 0.0969. The lowest BCUT2D eigenvalue weighted by Gasteiger charge is -2.09. The zero-order valence-electron chi connectivity index (χ0n) is 5.26. The monoisotopic (exact) mass is 136 g/mol. The maximum absolute atomic E-state index is 8.30. The summed E-state index contributed by atoms with van der Waals surface area (Å²) in [5, 5.41) is 0. The van der Waals surface area contributed by atoms with Crippen LogP contribution in [-0.2, 0) is 9.16 Å². The lowest BCUT2D eigenvalue weighted by molar-refractivity contribution is -0.0671. The van der Waals surface area contributed by atoms with Gasteiger partial charge in [-0.1, -0.05) is 0 Å². The van der Waals surface area contributed by atoms with Crippen LogP contribution in [0.25, 0.3) is 0 Å². The van der Waals surface area contributed by atoms with Gasteiger partial charge in [0.1, 0.15) is 6.29 Å². The highest BCUT2D eigenvalue weighted by Crippen LogP contribution is 1.88. The second-order valence-electron chi connectivity index (χ2n) is 1.32. The molecule has 0 aromatic carbocycles. The van der Waals surface area contributed by atoms with Crippen molar-refractivity contribution in [2.24, 2.45) is 0 Å². The summed E-state index contributed by atoms with van der Waals surface area (Å²) < 4.78 is 9.69. The first-order valence-corrected chi connectivity index (χ1v) is 3.86. The van der Waals surface area contributed by atoms with Crippen LogP contribution in [-0.4, -0.2) is 27.7 Å². The summed E-state index contributed by atoms with van der Waals surface area (Å²) in [6.45, 7) is 4.29. The van der Waals surface area contributed by atoms with Crippen molar-refractivity contribution in [1.82, 2.24) is 0 Å². The van der Waals surface area contributed by atoms with E-state index in [0.717, 1.165) is 0 Å². The van der Waals surface area contributed by atoms with Crippen LogP contribution in [0.2, 0.25) is 0 Å². The molecule has 0 aliphatic carbocycles. The molecule has 0 heterocycles. The molecule has 1 atom stereocenters. The van der Waals surface area contributed by atoms with Gasteiger partial charge >= 0.3 is 10.0 Å². The zero-order valence-corrected chi connectivity index (χ0v) is 6.67. The van der Waals surface area contributed by atoms with Gasteiger partial charge in [0.2, 0.25) is 0 Å². The largest absolute Gasteiger partial charge is 0.415 e. The molecule has 0 spiro atoms. The van der Waals surface area contributed by atoms with Crippen LogP contribution < -0.4 is 0 Å². The van der Waals surface area contributed by atoms with Gasteiger partial charge in [-0.05, 0) is 13.8 Å². The molecule has 0 aromatic heterocycles. The highest BCUT2D eigenvalue weighted by molar-refractivity contribution is 6.15. The minimum absolute atomic E-state index is 0.225. The Morgan fingerprint density at radius 1 is 1.75 bits per heavy atom. The van der Waals surface area contributed by atoms with Crippen LogP contribution in [0.3, 0.4) is 0 Å². The molecule has 1 unspecified atom stereocenters. The number of hydrogen-bond donors (Lipinski definition) is 1. The van der Waals surface area contributed by atoms with Gasteiger partial charge < -0.3 is 14.0 Å². The van der Waals surface area contributed by atoms with Gasteiger partial charge in [0.25, 0.3) is 0 Å². The predicted molar refractivity (Wildman–Crippen MR) is 32.9 cm³/mol. The predicted octanol–water partition coefficient (Wildman–Crippen LogP) is -0.623. The Labute approximate surface area is 51.7 Å². The summed E-state index contributed by atoms with van der Waals surface area (Å²) in [5.41, 5.74) is 0. The third-order valence-electron chi connectivity index (χ3n) is 0.711. The summed E-state index contributed by atoms with van der Waals surface area (Å²) in [4.78, 5) is 8.30. The van der Waals surface area contributed by atoms with Crippen molar-refractivity contribution < 1.29 is 14.0 Å². The molecule has 50 valence electrons. The van der Waals surface area contributed by atoms with Gasteiger partial charge in [-0.2, -0.15) is 0 Å². The second kappa shape index (κ2) is 5.24. The van der Waals surface area contributed by atoms with Gasteiger partial charge in [0.15, 0.2) is 0 Å². The normalized spacial score (nSPS) is 15.4. The quantitative estimate of drug-likeness (QED) is 0.413. The zero-order chi connectivity index (χ0) is 6.41. The molecule has 0 aliphatic heterocycles. The average Bonchev–Trinajstić information content (AvgIpc) is 1.68. The fourth-order valence-electron chi connectivity index (χ4n) is 0.388. The molecule has 0 amide bonds. The highest BCUT2D eigenvalue weighted by atomic mass is 28.2. The van der Waals surface area contributed by atoms with Gasteiger partial charge in [0.05, 0.1) is 0 Å². The van der Waals surface area contributed by atoms with Gasteiger partial charge in [-0.3, -0.25) is 0 Å². The van der Waals surface area contributed by atoms with E-state index in [2.05, 4.69) is 0 Å². The van der Waals surface area contributed by atoms with Crippen LogP contribution in [0.1, 0.15) is 13.8 Å². The number of ether oxygens (including phenoxy) is 1. The number of hydrogen-bond acceptors (Lipinski definition) is 3. The van der Waals surface area contributed by atoms with E-state index in [1.807, 2.05) is 6.92 Å². The van der Waals surface area contributed by atoms with E-state index in [0.29, 0.717) is 6.61 Å². The minimum Gasteiger partial charge on any atom is -0.415 e. The third-order valence-corrected chi connectivity index (χ3v) is 1.33. The van der Waals surface area contributed by atoms with Crippen LogP contribution in [0.15, 0.2) is 0 Å². The van der Waals surface area contributed by atoms with E-state index in [1.165, 1.54) is 0 Å². The average molecular weight is 136 g/mol.